The zero-order chi connectivity index (χ0) is 12.7. The van der Waals surface area contributed by atoms with E-state index in [-0.39, 0.29) is 13.2 Å². The summed E-state index contributed by atoms with van der Waals surface area (Å²) in [5.74, 6) is 2.70. The molecule has 17 heavy (non-hydrogen) atoms. The fraction of sp³-hybridized carbons (Fsp3) is 0.250. The van der Waals surface area contributed by atoms with Gasteiger partial charge in [0.1, 0.15) is 12.4 Å². The number of amides is 1. The van der Waals surface area contributed by atoms with Crippen molar-refractivity contribution in [3.05, 3.63) is 28.2 Å². The molecule has 0 bridgehead atoms. The minimum absolute atomic E-state index is 0.126. The monoisotopic (exact) mass is 296 g/mol. The largest absolute Gasteiger partial charge is 0.481 e. The van der Waals surface area contributed by atoms with Crippen LogP contribution in [0.4, 0.5) is 0 Å². The first-order chi connectivity index (χ1) is 8.13. The van der Waals surface area contributed by atoms with E-state index in [1.165, 1.54) is 0 Å². The van der Waals surface area contributed by atoms with Crippen molar-refractivity contribution in [2.75, 3.05) is 13.2 Å². The lowest BCUT2D eigenvalue weighted by molar-refractivity contribution is -0.117. The maximum Gasteiger partial charge on any atom is 0.231 e. The molecule has 0 aliphatic rings. The van der Waals surface area contributed by atoms with Crippen molar-refractivity contribution >= 4 is 21.8 Å². The normalized spacial score (nSPS) is 9.65. The van der Waals surface area contributed by atoms with Gasteiger partial charge in [0, 0.05) is 16.6 Å². The minimum atomic E-state index is -0.397. The van der Waals surface area contributed by atoms with Crippen LogP contribution < -0.4 is 15.8 Å². The minimum Gasteiger partial charge on any atom is -0.481 e. The standard InChI is InChI=1S/C12H13BrN2O2/c1-2-5-17-11-4-3-10(13)6-9(11)7-15-8-12(14)16/h1,3-4,6,15H,5,7-8H2,(H2,14,16). The molecule has 0 aliphatic carbocycles. The van der Waals surface area contributed by atoms with Gasteiger partial charge in [-0.3, -0.25) is 4.79 Å². The maximum atomic E-state index is 10.6. The Balaban J connectivity index is 2.69. The van der Waals surface area contributed by atoms with Gasteiger partial charge in [0.2, 0.25) is 5.91 Å². The molecule has 1 amide bonds. The second-order valence-corrected chi connectivity index (χ2v) is 4.23. The number of nitrogens with one attached hydrogen (secondary N) is 1. The van der Waals surface area contributed by atoms with Crippen LogP contribution in [-0.4, -0.2) is 19.1 Å². The first kappa shape index (κ1) is 13.6. The molecular formula is C12H13BrN2O2. The third-order valence-electron chi connectivity index (χ3n) is 1.95. The van der Waals surface area contributed by atoms with Gasteiger partial charge in [-0.15, -0.1) is 6.42 Å². The Morgan fingerprint density at radius 2 is 2.35 bits per heavy atom. The van der Waals surface area contributed by atoms with Crippen molar-refractivity contribution in [3.63, 3.8) is 0 Å². The number of carbonyl (C=O) groups is 1. The molecule has 1 aromatic carbocycles. The number of terminal acetylenes is 1. The molecule has 3 N–H and O–H groups in total. The Labute approximate surface area is 109 Å². The van der Waals surface area contributed by atoms with Gasteiger partial charge in [-0.25, -0.2) is 0 Å². The maximum absolute atomic E-state index is 10.6. The van der Waals surface area contributed by atoms with E-state index in [0.29, 0.717) is 12.3 Å². The second-order valence-electron chi connectivity index (χ2n) is 3.31. The summed E-state index contributed by atoms with van der Waals surface area (Å²) >= 11 is 3.37. The average Bonchev–Trinajstić information content (AvgIpc) is 2.27. The third-order valence-corrected chi connectivity index (χ3v) is 2.44. The van der Waals surface area contributed by atoms with E-state index in [1.807, 2.05) is 18.2 Å². The molecule has 0 atom stereocenters. The summed E-state index contributed by atoms with van der Waals surface area (Å²) in [4.78, 5) is 10.6. The summed E-state index contributed by atoms with van der Waals surface area (Å²) in [7, 11) is 0. The number of benzene rings is 1. The first-order valence-corrected chi connectivity index (χ1v) is 5.76. The molecule has 0 spiro atoms. The molecule has 0 saturated carbocycles. The van der Waals surface area contributed by atoms with E-state index < -0.39 is 5.91 Å². The second kappa shape index (κ2) is 6.94. The van der Waals surface area contributed by atoms with Gasteiger partial charge in [0.25, 0.3) is 0 Å². The highest BCUT2D eigenvalue weighted by Crippen LogP contribution is 2.23. The molecule has 0 fully saturated rings. The van der Waals surface area contributed by atoms with Crippen LogP contribution in [0.2, 0.25) is 0 Å². The Morgan fingerprint density at radius 3 is 3.00 bits per heavy atom. The van der Waals surface area contributed by atoms with Crippen LogP contribution >= 0.6 is 15.9 Å². The molecule has 1 rings (SSSR count). The zero-order valence-corrected chi connectivity index (χ0v) is 10.8. The highest BCUT2D eigenvalue weighted by molar-refractivity contribution is 9.10. The average molecular weight is 297 g/mol. The van der Waals surface area contributed by atoms with E-state index in [4.69, 9.17) is 16.9 Å². The van der Waals surface area contributed by atoms with Gasteiger partial charge in [-0.05, 0) is 18.2 Å². The fourth-order valence-corrected chi connectivity index (χ4v) is 1.68. The molecular weight excluding hydrogens is 284 g/mol. The summed E-state index contributed by atoms with van der Waals surface area (Å²) in [5, 5.41) is 2.92. The summed E-state index contributed by atoms with van der Waals surface area (Å²) in [6.07, 6.45) is 5.14. The lowest BCUT2D eigenvalue weighted by Crippen LogP contribution is -2.28. The SMILES string of the molecule is C#CCOc1ccc(Br)cc1CNCC(N)=O. The van der Waals surface area contributed by atoms with Gasteiger partial charge >= 0.3 is 0 Å². The fourth-order valence-electron chi connectivity index (χ4n) is 1.27. The lowest BCUT2D eigenvalue weighted by Gasteiger charge is -2.10. The highest BCUT2D eigenvalue weighted by Gasteiger charge is 2.04. The van der Waals surface area contributed by atoms with Crippen molar-refractivity contribution in [1.82, 2.24) is 5.32 Å². The van der Waals surface area contributed by atoms with Gasteiger partial charge in [0.15, 0.2) is 0 Å². The number of nitrogens with two attached hydrogens (primary N) is 1. The summed E-state index contributed by atoms with van der Waals surface area (Å²) in [6, 6.07) is 5.59. The van der Waals surface area contributed by atoms with Crippen LogP contribution in [0.25, 0.3) is 0 Å². The lowest BCUT2D eigenvalue weighted by atomic mass is 10.2. The predicted octanol–water partition coefficient (Wildman–Crippen LogP) is 1.04. The number of primary amides is 1. The van der Waals surface area contributed by atoms with Crippen molar-refractivity contribution in [2.45, 2.75) is 6.54 Å². The molecule has 0 saturated heterocycles. The number of hydrogen-bond acceptors (Lipinski definition) is 3. The third kappa shape index (κ3) is 4.89. The molecule has 1 aromatic rings. The van der Waals surface area contributed by atoms with Crippen molar-refractivity contribution in [3.8, 4) is 18.1 Å². The van der Waals surface area contributed by atoms with E-state index in [0.717, 1.165) is 10.0 Å². The molecule has 0 aliphatic heterocycles. The van der Waals surface area contributed by atoms with Gasteiger partial charge < -0.3 is 15.8 Å². The van der Waals surface area contributed by atoms with Crippen LogP contribution in [0.15, 0.2) is 22.7 Å². The molecule has 0 unspecified atom stereocenters. The number of halogens is 1. The number of carbonyl (C=O) groups excluding carboxylic acids is 1. The van der Waals surface area contributed by atoms with Crippen LogP contribution in [0, 0.1) is 12.3 Å². The van der Waals surface area contributed by atoms with E-state index in [9.17, 15) is 4.79 Å². The Kier molecular flexibility index (Phi) is 5.53. The Bertz CT molecular complexity index is 441. The van der Waals surface area contributed by atoms with Crippen LogP contribution in [0.3, 0.4) is 0 Å². The molecule has 0 heterocycles. The van der Waals surface area contributed by atoms with Crippen molar-refractivity contribution in [1.29, 1.82) is 0 Å². The Morgan fingerprint density at radius 1 is 1.59 bits per heavy atom. The highest BCUT2D eigenvalue weighted by atomic mass is 79.9. The number of hydrogen-bond donors (Lipinski definition) is 2. The van der Waals surface area contributed by atoms with Crippen LogP contribution in [-0.2, 0) is 11.3 Å². The molecule has 0 aromatic heterocycles. The molecule has 90 valence electrons. The topological polar surface area (TPSA) is 64.3 Å². The number of rotatable bonds is 6. The molecule has 4 nitrogen and oxygen atoms in total. The summed E-state index contributed by atoms with van der Waals surface area (Å²) in [6.45, 7) is 0.827. The summed E-state index contributed by atoms with van der Waals surface area (Å²) in [5.41, 5.74) is 5.95. The van der Waals surface area contributed by atoms with Crippen molar-refractivity contribution in [2.24, 2.45) is 5.73 Å². The van der Waals surface area contributed by atoms with Crippen molar-refractivity contribution < 1.29 is 9.53 Å². The van der Waals surface area contributed by atoms with E-state index in [2.05, 4.69) is 27.2 Å². The van der Waals surface area contributed by atoms with Gasteiger partial charge in [0.05, 0.1) is 6.54 Å². The smallest absolute Gasteiger partial charge is 0.231 e. The van der Waals surface area contributed by atoms with Crippen LogP contribution in [0.1, 0.15) is 5.56 Å². The van der Waals surface area contributed by atoms with Gasteiger partial charge in [-0.1, -0.05) is 21.9 Å². The number of ether oxygens (including phenoxy) is 1. The quantitative estimate of drug-likeness (QED) is 0.771. The zero-order valence-electron chi connectivity index (χ0n) is 9.20. The summed E-state index contributed by atoms with van der Waals surface area (Å²) < 4.78 is 6.32. The molecule has 5 heteroatoms. The Hall–Kier alpha value is -1.51. The van der Waals surface area contributed by atoms with E-state index in [1.54, 1.807) is 0 Å². The van der Waals surface area contributed by atoms with E-state index >= 15 is 0 Å². The van der Waals surface area contributed by atoms with Gasteiger partial charge in [-0.2, -0.15) is 0 Å². The van der Waals surface area contributed by atoms with Crippen LogP contribution in [0.5, 0.6) is 5.75 Å². The first-order valence-electron chi connectivity index (χ1n) is 4.97. The molecule has 0 radical (unpaired) electrons. The predicted molar refractivity (Wildman–Crippen MR) is 69.4 cm³/mol.